The van der Waals surface area contributed by atoms with E-state index in [-0.39, 0.29) is 5.54 Å². The van der Waals surface area contributed by atoms with Crippen molar-refractivity contribution in [1.82, 2.24) is 0 Å². The molecule has 0 radical (unpaired) electrons. The van der Waals surface area contributed by atoms with Crippen molar-refractivity contribution in [3.63, 3.8) is 0 Å². The van der Waals surface area contributed by atoms with Crippen molar-refractivity contribution in [2.75, 3.05) is 0 Å². The second kappa shape index (κ2) is 2.09. The molecule has 2 heteroatoms. The summed E-state index contributed by atoms with van der Waals surface area (Å²) >= 11 is 2.64. The summed E-state index contributed by atoms with van der Waals surface area (Å²) in [4.78, 5) is 0. The molecule has 3 saturated carbocycles. The fraction of sp³-hybridized carbons (Fsp3) is 1.00. The topological polar surface area (TPSA) is 26.0 Å². The van der Waals surface area contributed by atoms with E-state index >= 15 is 0 Å². The van der Waals surface area contributed by atoms with Crippen LogP contribution in [0.3, 0.4) is 0 Å². The van der Waals surface area contributed by atoms with Crippen molar-refractivity contribution < 1.29 is 0 Å². The molecule has 0 aromatic heterocycles. The second-order valence-corrected chi connectivity index (χ2v) is 6.30. The Hall–Kier alpha value is 0.690. The molecule has 2 N–H and O–H groups in total. The molecule has 10 heavy (non-hydrogen) atoms. The third-order valence-electron chi connectivity index (χ3n) is 3.21. The van der Waals surface area contributed by atoms with Crippen LogP contribution in [0.15, 0.2) is 0 Å². The van der Waals surface area contributed by atoms with Gasteiger partial charge in [0, 0.05) is 8.96 Å². The normalized spacial score (nSPS) is 53.4. The summed E-state index contributed by atoms with van der Waals surface area (Å²) in [5.41, 5.74) is 6.41. The van der Waals surface area contributed by atoms with Gasteiger partial charge in [0.2, 0.25) is 0 Å². The summed E-state index contributed by atoms with van der Waals surface area (Å²) in [6.07, 6.45) is 7.92. The van der Waals surface area contributed by atoms with Crippen molar-refractivity contribution in [3.05, 3.63) is 0 Å². The predicted octanol–water partition coefficient (Wildman–Crippen LogP) is 2.23. The molecule has 3 aliphatic rings. The fourth-order valence-electron chi connectivity index (χ4n) is 2.17. The van der Waals surface area contributed by atoms with Crippen LogP contribution in [0, 0.1) is 0 Å². The highest BCUT2D eigenvalue weighted by atomic mass is 127. The zero-order valence-electron chi connectivity index (χ0n) is 6.20. The van der Waals surface area contributed by atoms with Gasteiger partial charge in [0.05, 0.1) is 0 Å². The summed E-state index contributed by atoms with van der Waals surface area (Å²) in [6.45, 7) is 0. The van der Waals surface area contributed by atoms with Gasteiger partial charge in [-0.1, -0.05) is 22.6 Å². The molecule has 3 rings (SSSR count). The first-order valence-electron chi connectivity index (χ1n) is 4.10. The first-order valence-corrected chi connectivity index (χ1v) is 5.18. The zero-order chi connectivity index (χ0) is 7.24. The largest absolute Gasteiger partial charge is 0.325 e. The molecule has 3 aliphatic carbocycles. The lowest BCUT2D eigenvalue weighted by Gasteiger charge is -2.49. The fourth-order valence-corrected chi connectivity index (χ4v) is 2.98. The average molecular weight is 251 g/mol. The van der Waals surface area contributed by atoms with Crippen molar-refractivity contribution in [2.24, 2.45) is 5.73 Å². The maximum absolute atomic E-state index is 6.15. The third kappa shape index (κ3) is 1.09. The van der Waals surface area contributed by atoms with Gasteiger partial charge in [-0.15, -0.1) is 0 Å². The number of fused-ring (bicyclic) bond motifs is 3. The minimum atomic E-state index is 0.257. The molecule has 0 spiro atoms. The number of alkyl halides is 1. The SMILES string of the molecule is NC12CCC(I)(CC1)CC2. The van der Waals surface area contributed by atoms with E-state index in [1.165, 1.54) is 38.5 Å². The smallest absolute Gasteiger partial charge is 0.0224 e. The summed E-state index contributed by atoms with van der Waals surface area (Å²) in [5.74, 6) is 0. The lowest BCUT2D eigenvalue weighted by atomic mass is 9.66. The predicted molar refractivity (Wildman–Crippen MR) is 51.4 cm³/mol. The lowest BCUT2D eigenvalue weighted by Crippen LogP contribution is -2.52. The molecular weight excluding hydrogens is 237 g/mol. The van der Waals surface area contributed by atoms with Gasteiger partial charge in [-0.2, -0.15) is 0 Å². The summed E-state index contributed by atoms with van der Waals surface area (Å²) < 4.78 is 0.652. The van der Waals surface area contributed by atoms with Gasteiger partial charge < -0.3 is 5.73 Å². The molecular formula is C8H14IN. The van der Waals surface area contributed by atoms with Gasteiger partial charge in [0.1, 0.15) is 0 Å². The van der Waals surface area contributed by atoms with Crippen LogP contribution in [0.5, 0.6) is 0 Å². The van der Waals surface area contributed by atoms with Crippen LogP contribution in [0.4, 0.5) is 0 Å². The van der Waals surface area contributed by atoms with E-state index in [2.05, 4.69) is 22.6 Å². The highest BCUT2D eigenvalue weighted by molar-refractivity contribution is 14.1. The summed E-state index contributed by atoms with van der Waals surface area (Å²) in [7, 11) is 0. The molecule has 0 saturated heterocycles. The Morgan fingerprint density at radius 3 is 1.60 bits per heavy atom. The molecule has 0 aromatic rings. The molecule has 0 heterocycles. The maximum Gasteiger partial charge on any atom is 0.0224 e. The van der Waals surface area contributed by atoms with Crippen molar-refractivity contribution in [2.45, 2.75) is 47.5 Å². The Balaban J connectivity index is 2.16. The van der Waals surface area contributed by atoms with Gasteiger partial charge >= 0.3 is 0 Å². The van der Waals surface area contributed by atoms with Crippen LogP contribution in [-0.4, -0.2) is 8.96 Å². The summed E-state index contributed by atoms with van der Waals surface area (Å²) in [6, 6.07) is 0. The standard InChI is InChI=1S/C8H14IN/c9-7-1-4-8(10,5-2-7)6-3-7/h1-6,10H2. The monoisotopic (exact) mass is 251 g/mol. The molecule has 0 unspecified atom stereocenters. The molecule has 1 nitrogen and oxygen atoms in total. The van der Waals surface area contributed by atoms with Gasteiger partial charge in [0.15, 0.2) is 0 Å². The van der Waals surface area contributed by atoms with Gasteiger partial charge in [-0.3, -0.25) is 0 Å². The molecule has 3 fully saturated rings. The highest BCUT2D eigenvalue weighted by Gasteiger charge is 2.44. The molecule has 0 aliphatic heterocycles. The van der Waals surface area contributed by atoms with Crippen LogP contribution < -0.4 is 5.73 Å². The first-order chi connectivity index (χ1) is 4.62. The number of rotatable bonds is 0. The summed E-state index contributed by atoms with van der Waals surface area (Å²) in [5, 5.41) is 0. The van der Waals surface area contributed by atoms with Crippen molar-refractivity contribution >= 4 is 22.6 Å². The quantitative estimate of drug-likeness (QED) is 0.518. The molecule has 0 aromatic carbocycles. The zero-order valence-corrected chi connectivity index (χ0v) is 8.36. The van der Waals surface area contributed by atoms with E-state index < -0.39 is 0 Å². The Morgan fingerprint density at radius 2 is 1.30 bits per heavy atom. The van der Waals surface area contributed by atoms with Crippen LogP contribution >= 0.6 is 22.6 Å². The minimum Gasteiger partial charge on any atom is -0.325 e. The van der Waals surface area contributed by atoms with Gasteiger partial charge in [-0.25, -0.2) is 0 Å². The van der Waals surface area contributed by atoms with Gasteiger partial charge in [-0.05, 0) is 38.5 Å². The molecule has 2 bridgehead atoms. The Bertz CT molecular complexity index is 113. The van der Waals surface area contributed by atoms with E-state index in [4.69, 9.17) is 5.73 Å². The van der Waals surface area contributed by atoms with E-state index in [0.717, 1.165) is 0 Å². The second-order valence-electron chi connectivity index (χ2n) is 4.01. The Labute approximate surface area is 75.9 Å². The Morgan fingerprint density at radius 1 is 0.900 bits per heavy atom. The minimum absolute atomic E-state index is 0.257. The lowest BCUT2D eigenvalue weighted by molar-refractivity contribution is 0.173. The van der Waals surface area contributed by atoms with Crippen LogP contribution in [0.1, 0.15) is 38.5 Å². The van der Waals surface area contributed by atoms with Crippen LogP contribution in [0.2, 0.25) is 0 Å². The first kappa shape index (κ1) is 7.35. The van der Waals surface area contributed by atoms with Crippen LogP contribution in [0.25, 0.3) is 0 Å². The van der Waals surface area contributed by atoms with E-state index in [0.29, 0.717) is 3.42 Å². The maximum atomic E-state index is 6.15. The molecule has 58 valence electrons. The number of nitrogens with two attached hydrogens (primary N) is 1. The van der Waals surface area contributed by atoms with Crippen molar-refractivity contribution in [3.8, 4) is 0 Å². The molecule has 0 atom stereocenters. The number of hydrogen-bond acceptors (Lipinski definition) is 1. The number of hydrogen-bond donors (Lipinski definition) is 1. The molecule has 0 amide bonds. The third-order valence-corrected chi connectivity index (χ3v) is 4.83. The van der Waals surface area contributed by atoms with Gasteiger partial charge in [0.25, 0.3) is 0 Å². The van der Waals surface area contributed by atoms with E-state index in [1.54, 1.807) is 0 Å². The van der Waals surface area contributed by atoms with E-state index in [9.17, 15) is 0 Å². The van der Waals surface area contributed by atoms with Crippen molar-refractivity contribution in [1.29, 1.82) is 0 Å². The Kier molecular flexibility index (Phi) is 1.54. The van der Waals surface area contributed by atoms with E-state index in [1.807, 2.05) is 0 Å². The highest BCUT2D eigenvalue weighted by Crippen LogP contribution is 2.50. The average Bonchev–Trinajstić information content (AvgIpc) is 1.93. The number of halogens is 1. The van der Waals surface area contributed by atoms with Crippen LogP contribution in [-0.2, 0) is 0 Å².